The summed E-state index contributed by atoms with van der Waals surface area (Å²) in [6.45, 7) is 3.13. The number of alkyl halides is 1. The van der Waals surface area contributed by atoms with Gasteiger partial charge < -0.3 is 9.47 Å². The monoisotopic (exact) mass is 306 g/mol. The second-order valence-electron chi connectivity index (χ2n) is 5.18. The minimum absolute atomic E-state index is 0.273. The van der Waals surface area contributed by atoms with Gasteiger partial charge in [-0.15, -0.1) is 11.6 Å². The summed E-state index contributed by atoms with van der Waals surface area (Å²) >= 11 is 6.50. The molecule has 110 valence electrons. The number of hydrogen-bond acceptors (Lipinski definition) is 2. The second kappa shape index (κ2) is 5.94. The van der Waals surface area contributed by atoms with Crippen LogP contribution in [0.5, 0.6) is 11.5 Å². The molecule has 3 rings (SSSR count). The quantitative estimate of drug-likeness (QED) is 0.754. The third kappa shape index (κ3) is 3.13. The largest absolute Gasteiger partial charge is 0.490 e. The van der Waals surface area contributed by atoms with Crippen LogP contribution in [0.3, 0.4) is 0 Å². The first kappa shape index (κ1) is 14.2. The Hall–Kier alpha value is -1.74. The molecule has 0 amide bonds. The van der Waals surface area contributed by atoms with Gasteiger partial charge in [-0.25, -0.2) is 4.39 Å². The van der Waals surface area contributed by atoms with Gasteiger partial charge in [0.15, 0.2) is 11.5 Å². The molecule has 1 unspecified atom stereocenters. The summed E-state index contributed by atoms with van der Waals surface area (Å²) in [7, 11) is 0. The van der Waals surface area contributed by atoms with Gasteiger partial charge in [-0.2, -0.15) is 0 Å². The lowest BCUT2D eigenvalue weighted by Crippen LogP contribution is -1.98. The van der Waals surface area contributed by atoms with Gasteiger partial charge >= 0.3 is 0 Å². The molecule has 0 aromatic heterocycles. The Labute approximate surface area is 128 Å². The highest BCUT2D eigenvalue weighted by Crippen LogP contribution is 2.36. The van der Waals surface area contributed by atoms with E-state index in [1.54, 1.807) is 0 Å². The molecule has 0 N–H and O–H groups in total. The molecule has 0 aliphatic carbocycles. The lowest BCUT2D eigenvalue weighted by atomic mass is 10.0. The predicted molar refractivity (Wildman–Crippen MR) is 80.9 cm³/mol. The molecular formula is C17H16ClFO2. The maximum atomic E-state index is 13.5. The molecule has 0 spiro atoms. The van der Waals surface area contributed by atoms with Crippen LogP contribution in [0.2, 0.25) is 0 Å². The van der Waals surface area contributed by atoms with Gasteiger partial charge in [-0.1, -0.05) is 12.1 Å². The molecule has 0 saturated heterocycles. The Kier molecular flexibility index (Phi) is 4.02. The molecule has 0 saturated carbocycles. The third-order valence-corrected chi connectivity index (χ3v) is 3.93. The van der Waals surface area contributed by atoms with E-state index in [0.717, 1.165) is 28.9 Å². The van der Waals surface area contributed by atoms with Crippen LogP contribution >= 0.6 is 11.6 Å². The Balaban J connectivity index is 1.94. The van der Waals surface area contributed by atoms with Gasteiger partial charge in [0.1, 0.15) is 5.82 Å². The normalized spacial score (nSPS) is 15.4. The summed E-state index contributed by atoms with van der Waals surface area (Å²) in [5.41, 5.74) is 2.46. The van der Waals surface area contributed by atoms with Gasteiger partial charge in [-0.3, -0.25) is 0 Å². The van der Waals surface area contributed by atoms with Crippen LogP contribution in [0.4, 0.5) is 4.39 Å². The SMILES string of the molecule is Cc1cc(F)cc(C(Cl)c2ccc3c(c2)OCCCO3)c1. The molecule has 0 fully saturated rings. The Morgan fingerprint density at radius 3 is 2.52 bits per heavy atom. The highest BCUT2D eigenvalue weighted by molar-refractivity contribution is 6.22. The van der Waals surface area contributed by atoms with E-state index in [9.17, 15) is 4.39 Å². The zero-order valence-electron chi connectivity index (χ0n) is 11.7. The zero-order valence-corrected chi connectivity index (χ0v) is 12.5. The summed E-state index contributed by atoms with van der Waals surface area (Å²) in [5, 5.41) is -0.420. The summed E-state index contributed by atoms with van der Waals surface area (Å²) in [6.07, 6.45) is 0.859. The Bertz CT molecular complexity index is 637. The second-order valence-corrected chi connectivity index (χ2v) is 5.62. The lowest BCUT2D eigenvalue weighted by molar-refractivity contribution is 0.297. The number of ether oxygens (including phenoxy) is 2. The van der Waals surface area contributed by atoms with E-state index in [1.165, 1.54) is 12.1 Å². The molecular weight excluding hydrogens is 291 g/mol. The predicted octanol–water partition coefficient (Wildman–Crippen LogP) is 4.62. The summed E-state index contributed by atoms with van der Waals surface area (Å²) in [5.74, 6) is 1.16. The molecule has 1 aliphatic rings. The van der Waals surface area contributed by atoms with Crippen molar-refractivity contribution in [1.82, 2.24) is 0 Å². The van der Waals surface area contributed by atoms with Crippen LogP contribution < -0.4 is 9.47 Å². The topological polar surface area (TPSA) is 18.5 Å². The van der Waals surface area contributed by atoms with Crippen molar-refractivity contribution >= 4 is 11.6 Å². The third-order valence-electron chi connectivity index (χ3n) is 3.42. The molecule has 0 bridgehead atoms. The van der Waals surface area contributed by atoms with Crippen molar-refractivity contribution in [1.29, 1.82) is 0 Å². The summed E-state index contributed by atoms with van der Waals surface area (Å²) in [6, 6.07) is 10.5. The van der Waals surface area contributed by atoms with E-state index in [2.05, 4.69) is 0 Å². The van der Waals surface area contributed by atoms with E-state index in [0.29, 0.717) is 19.0 Å². The summed E-state index contributed by atoms with van der Waals surface area (Å²) < 4.78 is 24.8. The molecule has 21 heavy (non-hydrogen) atoms. The zero-order chi connectivity index (χ0) is 14.8. The standard InChI is InChI=1S/C17H16ClFO2/c1-11-7-13(9-14(19)8-11)17(18)12-3-4-15-16(10-12)21-6-2-5-20-15/h3-4,7-10,17H,2,5-6H2,1H3. The molecule has 4 heteroatoms. The number of benzene rings is 2. The minimum Gasteiger partial charge on any atom is -0.490 e. The van der Waals surface area contributed by atoms with Gasteiger partial charge in [0.25, 0.3) is 0 Å². The van der Waals surface area contributed by atoms with Crippen molar-refractivity contribution < 1.29 is 13.9 Å². The lowest BCUT2D eigenvalue weighted by Gasteiger charge is -2.14. The fourth-order valence-electron chi connectivity index (χ4n) is 2.44. The molecule has 2 nitrogen and oxygen atoms in total. The average molecular weight is 307 g/mol. The molecule has 1 atom stereocenters. The molecule has 1 aliphatic heterocycles. The van der Waals surface area contributed by atoms with E-state index in [-0.39, 0.29) is 5.82 Å². The Morgan fingerprint density at radius 2 is 1.76 bits per heavy atom. The smallest absolute Gasteiger partial charge is 0.161 e. The minimum atomic E-state index is -0.420. The van der Waals surface area contributed by atoms with Crippen molar-refractivity contribution in [3.8, 4) is 11.5 Å². The van der Waals surface area contributed by atoms with Crippen molar-refractivity contribution in [2.45, 2.75) is 18.7 Å². The molecule has 2 aromatic rings. The van der Waals surface area contributed by atoms with E-state index >= 15 is 0 Å². The number of hydrogen-bond donors (Lipinski definition) is 0. The molecule has 2 aromatic carbocycles. The number of aryl methyl sites for hydroxylation is 1. The first-order valence-electron chi connectivity index (χ1n) is 6.94. The number of fused-ring (bicyclic) bond motifs is 1. The fraction of sp³-hybridized carbons (Fsp3) is 0.294. The number of halogens is 2. The fourth-order valence-corrected chi connectivity index (χ4v) is 2.70. The molecule has 1 heterocycles. The van der Waals surface area contributed by atoms with Crippen molar-refractivity contribution in [3.63, 3.8) is 0 Å². The van der Waals surface area contributed by atoms with Crippen LogP contribution in [0.15, 0.2) is 36.4 Å². The van der Waals surface area contributed by atoms with E-state index in [1.807, 2.05) is 31.2 Å². The maximum Gasteiger partial charge on any atom is 0.161 e. The Morgan fingerprint density at radius 1 is 1.00 bits per heavy atom. The van der Waals surface area contributed by atoms with Crippen LogP contribution in [-0.4, -0.2) is 13.2 Å². The van der Waals surface area contributed by atoms with Crippen molar-refractivity contribution in [3.05, 3.63) is 58.9 Å². The van der Waals surface area contributed by atoms with Crippen LogP contribution in [-0.2, 0) is 0 Å². The van der Waals surface area contributed by atoms with Crippen molar-refractivity contribution in [2.75, 3.05) is 13.2 Å². The molecule has 0 radical (unpaired) electrons. The van der Waals surface area contributed by atoms with E-state index in [4.69, 9.17) is 21.1 Å². The first-order chi connectivity index (χ1) is 10.1. The van der Waals surface area contributed by atoms with Gasteiger partial charge in [-0.05, 0) is 47.9 Å². The van der Waals surface area contributed by atoms with E-state index < -0.39 is 5.38 Å². The van der Waals surface area contributed by atoms with Gasteiger partial charge in [0, 0.05) is 6.42 Å². The van der Waals surface area contributed by atoms with Crippen LogP contribution in [0, 0.1) is 12.7 Å². The highest BCUT2D eigenvalue weighted by atomic mass is 35.5. The van der Waals surface area contributed by atoms with Crippen LogP contribution in [0.25, 0.3) is 0 Å². The van der Waals surface area contributed by atoms with Crippen LogP contribution in [0.1, 0.15) is 28.5 Å². The first-order valence-corrected chi connectivity index (χ1v) is 7.38. The summed E-state index contributed by atoms with van der Waals surface area (Å²) in [4.78, 5) is 0. The average Bonchev–Trinajstić information content (AvgIpc) is 2.69. The number of rotatable bonds is 2. The van der Waals surface area contributed by atoms with Gasteiger partial charge in [0.05, 0.1) is 18.6 Å². The van der Waals surface area contributed by atoms with Crippen molar-refractivity contribution in [2.24, 2.45) is 0 Å². The highest BCUT2D eigenvalue weighted by Gasteiger charge is 2.17. The maximum absolute atomic E-state index is 13.5. The van der Waals surface area contributed by atoms with Gasteiger partial charge in [0.2, 0.25) is 0 Å².